The zero-order chi connectivity index (χ0) is 22.1. The fourth-order valence-corrected chi connectivity index (χ4v) is 4.99. The molecule has 164 valence electrons. The lowest BCUT2D eigenvalue weighted by atomic mass is 9.89. The van der Waals surface area contributed by atoms with Gasteiger partial charge in [-0.3, -0.25) is 9.59 Å². The van der Waals surface area contributed by atoms with E-state index in [4.69, 9.17) is 0 Å². The van der Waals surface area contributed by atoms with Crippen LogP contribution in [0.5, 0.6) is 0 Å². The van der Waals surface area contributed by atoms with Gasteiger partial charge in [0, 0.05) is 53.2 Å². The van der Waals surface area contributed by atoms with Gasteiger partial charge in [0.2, 0.25) is 11.5 Å². The first-order valence-corrected chi connectivity index (χ1v) is 11.3. The number of nitrogens with zero attached hydrogens (tertiary/aromatic N) is 1. The second-order valence-corrected chi connectivity index (χ2v) is 8.76. The number of carbonyl (C=O) groups is 1. The lowest BCUT2D eigenvalue weighted by molar-refractivity contribution is -0.114. The summed E-state index contributed by atoms with van der Waals surface area (Å²) in [5, 5.41) is 5.16. The van der Waals surface area contributed by atoms with Crippen LogP contribution < -0.4 is 10.9 Å². The van der Waals surface area contributed by atoms with Crippen molar-refractivity contribution >= 4 is 33.4 Å². The molecule has 2 aromatic heterocycles. The molecule has 3 heterocycles. The summed E-state index contributed by atoms with van der Waals surface area (Å²) in [7, 11) is 0. The van der Waals surface area contributed by atoms with Crippen molar-refractivity contribution in [2.45, 2.75) is 32.1 Å². The summed E-state index contributed by atoms with van der Waals surface area (Å²) in [5.41, 5.74) is 5.14. The predicted octanol–water partition coefficient (Wildman–Crippen LogP) is 4.39. The molecule has 2 aromatic carbocycles. The molecule has 0 atom stereocenters. The van der Waals surface area contributed by atoms with E-state index in [9.17, 15) is 9.59 Å². The maximum Gasteiger partial charge on any atom is 0.248 e. The van der Waals surface area contributed by atoms with Crippen molar-refractivity contribution in [3.63, 3.8) is 0 Å². The molecule has 0 saturated carbocycles. The average Bonchev–Trinajstić information content (AvgIpc) is 3.22. The number of likely N-dealkylation sites (tertiary alicyclic amines) is 1. The number of nitrogens with one attached hydrogen (secondary N) is 3. The van der Waals surface area contributed by atoms with Crippen molar-refractivity contribution in [1.82, 2.24) is 14.9 Å². The number of anilines is 1. The zero-order valence-electron chi connectivity index (χ0n) is 18.3. The summed E-state index contributed by atoms with van der Waals surface area (Å²) in [4.78, 5) is 32.4. The second-order valence-electron chi connectivity index (χ2n) is 8.76. The van der Waals surface area contributed by atoms with E-state index in [0.29, 0.717) is 5.92 Å². The maximum atomic E-state index is 12.2. The molecule has 1 aliphatic heterocycles. The first-order valence-electron chi connectivity index (χ1n) is 11.3. The summed E-state index contributed by atoms with van der Waals surface area (Å²) in [5.74, 6) is 0.483. The Bertz CT molecular complexity index is 1330. The molecule has 0 bridgehead atoms. The molecule has 0 aliphatic carbocycles. The van der Waals surface area contributed by atoms with Gasteiger partial charge in [-0.15, -0.1) is 0 Å². The molecular weight excluding hydrogens is 400 g/mol. The van der Waals surface area contributed by atoms with Crippen LogP contribution in [0.2, 0.25) is 0 Å². The number of hydrogen-bond donors (Lipinski definition) is 3. The van der Waals surface area contributed by atoms with Gasteiger partial charge in [0.25, 0.3) is 0 Å². The van der Waals surface area contributed by atoms with Crippen LogP contribution in [0, 0.1) is 0 Å². The third-order valence-corrected chi connectivity index (χ3v) is 6.60. The van der Waals surface area contributed by atoms with Crippen LogP contribution in [0.25, 0.3) is 21.8 Å². The summed E-state index contributed by atoms with van der Waals surface area (Å²) >= 11 is 0. The molecule has 1 saturated heterocycles. The Labute approximate surface area is 186 Å². The largest absolute Gasteiger partial charge is 0.361 e. The highest BCUT2D eigenvalue weighted by Gasteiger charge is 2.22. The summed E-state index contributed by atoms with van der Waals surface area (Å²) < 4.78 is 0. The van der Waals surface area contributed by atoms with Crippen LogP contribution in [0.3, 0.4) is 0 Å². The van der Waals surface area contributed by atoms with Gasteiger partial charge in [-0.2, -0.15) is 0 Å². The van der Waals surface area contributed by atoms with E-state index in [-0.39, 0.29) is 11.5 Å². The molecule has 1 fully saturated rings. The molecule has 0 spiro atoms. The number of H-pyrrole nitrogens is 2. The first-order chi connectivity index (χ1) is 15.6. The molecule has 0 unspecified atom stereocenters. The number of hydrogen-bond acceptors (Lipinski definition) is 3. The average molecular weight is 429 g/mol. The highest BCUT2D eigenvalue weighted by Crippen LogP contribution is 2.33. The molecule has 4 aromatic rings. The summed E-state index contributed by atoms with van der Waals surface area (Å²) in [6.45, 7) is 4.53. The highest BCUT2D eigenvalue weighted by atomic mass is 16.1. The van der Waals surface area contributed by atoms with Gasteiger partial charge in [-0.05, 0) is 73.7 Å². The monoisotopic (exact) mass is 428 g/mol. The number of rotatable bonds is 5. The Morgan fingerprint density at radius 2 is 1.88 bits per heavy atom. The Morgan fingerprint density at radius 3 is 2.69 bits per heavy atom. The van der Waals surface area contributed by atoms with E-state index in [1.54, 1.807) is 6.07 Å². The standard InChI is InChI=1S/C26H28N4O2/c1-17(31)28-20-6-7-25-22(15-20)19(14-26(32)29-25)10-13-30-11-8-18(9-12-30)23-16-27-24-5-3-2-4-21(23)24/h2-7,14-16,18,27H,8-13H2,1H3,(H,28,31)(H,29,32). The minimum atomic E-state index is -0.103. The van der Waals surface area contributed by atoms with E-state index in [2.05, 4.69) is 50.6 Å². The lowest BCUT2D eigenvalue weighted by Crippen LogP contribution is -2.34. The Kier molecular flexibility index (Phi) is 5.53. The third kappa shape index (κ3) is 4.18. The predicted molar refractivity (Wildman–Crippen MR) is 129 cm³/mol. The van der Waals surface area contributed by atoms with Crippen LogP contribution in [0.1, 0.15) is 36.8 Å². The van der Waals surface area contributed by atoms with E-state index < -0.39 is 0 Å². The molecule has 6 nitrogen and oxygen atoms in total. The highest BCUT2D eigenvalue weighted by molar-refractivity contribution is 5.93. The molecule has 1 amide bonds. The van der Waals surface area contributed by atoms with Gasteiger partial charge in [-0.1, -0.05) is 18.2 Å². The Hall–Kier alpha value is -3.38. The fourth-order valence-electron chi connectivity index (χ4n) is 4.99. The van der Waals surface area contributed by atoms with E-state index in [0.717, 1.165) is 61.1 Å². The third-order valence-electron chi connectivity index (χ3n) is 6.60. The number of fused-ring (bicyclic) bond motifs is 2. The molecule has 32 heavy (non-hydrogen) atoms. The van der Waals surface area contributed by atoms with E-state index in [1.807, 2.05) is 18.2 Å². The first kappa shape index (κ1) is 20.5. The number of amides is 1. The molecule has 6 heteroatoms. The number of pyridine rings is 1. The number of carbonyl (C=O) groups excluding carboxylic acids is 1. The van der Waals surface area contributed by atoms with Crippen LogP contribution >= 0.6 is 0 Å². The minimum Gasteiger partial charge on any atom is -0.361 e. The van der Waals surface area contributed by atoms with Crippen molar-refractivity contribution in [1.29, 1.82) is 0 Å². The summed E-state index contributed by atoms with van der Waals surface area (Å²) in [6.07, 6.45) is 5.27. The second kappa shape index (κ2) is 8.63. The van der Waals surface area contributed by atoms with Gasteiger partial charge < -0.3 is 20.2 Å². The van der Waals surface area contributed by atoms with Gasteiger partial charge in [0.05, 0.1) is 0 Å². The number of benzene rings is 2. The molecule has 3 N–H and O–H groups in total. The molecule has 5 rings (SSSR count). The van der Waals surface area contributed by atoms with Crippen molar-refractivity contribution in [2.75, 3.05) is 25.0 Å². The SMILES string of the molecule is CC(=O)Nc1ccc2[nH]c(=O)cc(CCN3CCC(c4c[nH]c5ccccc45)CC3)c2c1. The minimum absolute atomic E-state index is 0.0854. The van der Waals surface area contributed by atoms with E-state index in [1.165, 1.54) is 23.4 Å². The van der Waals surface area contributed by atoms with Gasteiger partial charge in [0.1, 0.15) is 0 Å². The van der Waals surface area contributed by atoms with Crippen molar-refractivity contribution in [3.05, 3.63) is 76.2 Å². The number of para-hydroxylation sites is 1. The van der Waals surface area contributed by atoms with Crippen molar-refractivity contribution < 1.29 is 4.79 Å². The van der Waals surface area contributed by atoms with E-state index >= 15 is 0 Å². The number of piperidine rings is 1. The lowest BCUT2D eigenvalue weighted by Gasteiger charge is -2.32. The molecule has 1 aliphatic rings. The van der Waals surface area contributed by atoms with Crippen LogP contribution in [0.15, 0.2) is 59.5 Å². The van der Waals surface area contributed by atoms with Crippen LogP contribution in [-0.2, 0) is 11.2 Å². The van der Waals surface area contributed by atoms with Gasteiger partial charge in [0.15, 0.2) is 0 Å². The number of aromatic amines is 2. The topological polar surface area (TPSA) is 81.0 Å². The molecular formula is C26H28N4O2. The Balaban J connectivity index is 1.27. The fraction of sp³-hybridized carbons (Fsp3) is 0.308. The normalized spacial score (nSPS) is 15.4. The summed E-state index contributed by atoms with van der Waals surface area (Å²) in [6, 6.07) is 15.8. The maximum absolute atomic E-state index is 12.2. The van der Waals surface area contributed by atoms with Crippen LogP contribution in [0.4, 0.5) is 5.69 Å². The smallest absolute Gasteiger partial charge is 0.248 e. The molecule has 0 radical (unpaired) electrons. The van der Waals surface area contributed by atoms with Crippen LogP contribution in [-0.4, -0.2) is 40.4 Å². The van der Waals surface area contributed by atoms with Gasteiger partial charge in [-0.25, -0.2) is 0 Å². The van der Waals surface area contributed by atoms with Crippen molar-refractivity contribution in [3.8, 4) is 0 Å². The quantitative estimate of drug-likeness (QED) is 0.441. The van der Waals surface area contributed by atoms with Gasteiger partial charge >= 0.3 is 0 Å². The van der Waals surface area contributed by atoms with Crippen molar-refractivity contribution in [2.24, 2.45) is 0 Å². The Morgan fingerprint density at radius 1 is 1.06 bits per heavy atom. The number of aromatic nitrogens is 2. The zero-order valence-corrected chi connectivity index (χ0v) is 18.3.